The van der Waals surface area contributed by atoms with Gasteiger partial charge in [0.15, 0.2) is 16.9 Å². The molecule has 0 saturated heterocycles. The summed E-state index contributed by atoms with van der Waals surface area (Å²) in [5.41, 5.74) is 1.32. The Hall–Kier alpha value is -1.15. The molecule has 2 rings (SSSR count). The van der Waals surface area contributed by atoms with Crippen LogP contribution in [0, 0.1) is 6.92 Å². The van der Waals surface area contributed by atoms with Gasteiger partial charge in [0.25, 0.3) is 0 Å². The number of alkyl halides is 1. The van der Waals surface area contributed by atoms with Crippen molar-refractivity contribution in [1.29, 1.82) is 0 Å². The van der Waals surface area contributed by atoms with Crippen LogP contribution in [0.5, 0.6) is 0 Å². The van der Waals surface area contributed by atoms with E-state index in [2.05, 4.69) is 19.1 Å². The van der Waals surface area contributed by atoms with Crippen LogP contribution in [0.4, 0.5) is 0 Å². The van der Waals surface area contributed by atoms with Gasteiger partial charge in [-0.05, 0) is 6.92 Å². The summed E-state index contributed by atoms with van der Waals surface area (Å²) in [5, 5.41) is -0.806. The number of benzene rings is 1. The molecule has 0 radical (unpaired) electrons. The maximum atomic E-state index is 10.1. The smallest absolute Gasteiger partial charge is 0.165 e. The molecule has 0 heterocycles. The average molecular weight is 211 g/mol. The summed E-state index contributed by atoms with van der Waals surface area (Å²) in [6.45, 7) is 2.08. The number of halogens is 1. The molecule has 14 heavy (non-hydrogen) atoms. The summed E-state index contributed by atoms with van der Waals surface area (Å²) < 4.78 is 0. The molecule has 0 N–H and O–H groups in total. The fourth-order valence-electron chi connectivity index (χ4n) is 0.934. The highest BCUT2D eigenvalue weighted by molar-refractivity contribution is 6.50. The zero-order valence-electron chi connectivity index (χ0n) is 7.87. The third-order valence-corrected chi connectivity index (χ3v) is 2.34. The second-order valence-corrected chi connectivity index (χ2v) is 3.56. The van der Waals surface area contributed by atoms with Gasteiger partial charge >= 0.3 is 0 Å². The molecule has 0 aromatic heterocycles. The molecule has 0 bridgehead atoms. The second kappa shape index (κ2) is 4.91. The van der Waals surface area contributed by atoms with Crippen LogP contribution in [0.1, 0.15) is 12.0 Å². The van der Waals surface area contributed by atoms with Crippen molar-refractivity contribution >= 4 is 23.2 Å². The highest BCUT2D eigenvalue weighted by Gasteiger charge is 2.35. The Labute approximate surface area is 87.9 Å². The third kappa shape index (κ3) is 2.96. The van der Waals surface area contributed by atoms with E-state index in [-0.39, 0.29) is 18.0 Å². The molecule has 0 amide bonds. The van der Waals surface area contributed by atoms with Crippen LogP contribution in [-0.4, -0.2) is 16.9 Å². The monoisotopic (exact) mass is 210 g/mol. The first-order chi connectivity index (χ1) is 6.61. The number of hydrogen-bond acceptors (Lipinski definition) is 2. The summed E-state index contributed by atoms with van der Waals surface area (Å²) in [6.07, 6.45) is 0.0498. The maximum Gasteiger partial charge on any atom is 0.165 e. The van der Waals surface area contributed by atoms with E-state index in [1.807, 2.05) is 18.2 Å². The molecule has 1 aliphatic rings. The van der Waals surface area contributed by atoms with Gasteiger partial charge in [-0.3, -0.25) is 9.59 Å². The van der Waals surface area contributed by atoms with Crippen molar-refractivity contribution < 1.29 is 9.59 Å². The van der Waals surface area contributed by atoms with E-state index >= 15 is 0 Å². The Morgan fingerprint density at radius 3 is 1.79 bits per heavy atom. The van der Waals surface area contributed by atoms with E-state index in [0.29, 0.717) is 0 Å². The molecular formula is C11H11ClO2. The maximum absolute atomic E-state index is 10.1. The number of carbonyl (C=O) groups excluding carboxylic acids is 2. The standard InChI is InChI=1S/C7H8.C4H3ClO2/c1-7-5-3-2-4-6-7;5-4-2(6)1-3(4)7/h2-6H,1H3;4H,1H2. The van der Waals surface area contributed by atoms with Crippen LogP contribution in [0.2, 0.25) is 0 Å². The zero-order chi connectivity index (χ0) is 10.6. The molecule has 74 valence electrons. The fourth-order valence-corrected chi connectivity index (χ4v) is 1.09. The van der Waals surface area contributed by atoms with E-state index in [9.17, 15) is 9.59 Å². The molecule has 0 unspecified atom stereocenters. The van der Waals surface area contributed by atoms with E-state index in [0.717, 1.165) is 0 Å². The topological polar surface area (TPSA) is 34.1 Å². The predicted octanol–water partition coefficient (Wildman–Crippen LogP) is 2.13. The highest BCUT2D eigenvalue weighted by Crippen LogP contribution is 2.15. The lowest BCUT2D eigenvalue weighted by Crippen LogP contribution is -2.38. The summed E-state index contributed by atoms with van der Waals surface area (Å²) >= 11 is 5.15. The summed E-state index contributed by atoms with van der Waals surface area (Å²) in [6, 6.07) is 10.3. The van der Waals surface area contributed by atoms with Gasteiger partial charge in [-0.15, -0.1) is 11.6 Å². The molecule has 1 aliphatic carbocycles. The third-order valence-electron chi connectivity index (χ3n) is 1.85. The summed E-state index contributed by atoms with van der Waals surface area (Å²) in [4.78, 5) is 20.2. The minimum absolute atomic E-state index is 0.0498. The minimum Gasteiger partial charge on any atom is -0.297 e. The average Bonchev–Trinajstić information content (AvgIpc) is 2.20. The fraction of sp³-hybridized carbons (Fsp3) is 0.273. The number of aryl methyl sites for hydroxylation is 1. The molecule has 0 atom stereocenters. The van der Waals surface area contributed by atoms with Crippen molar-refractivity contribution in [3.8, 4) is 0 Å². The van der Waals surface area contributed by atoms with Crippen molar-refractivity contribution in [2.24, 2.45) is 0 Å². The van der Waals surface area contributed by atoms with Crippen molar-refractivity contribution in [3.05, 3.63) is 35.9 Å². The predicted molar refractivity (Wildman–Crippen MR) is 55.5 cm³/mol. The number of Topliss-reactive ketones (excluding diaryl/α,β-unsaturated/α-hetero) is 2. The Kier molecular flexibility index (Phi) is 3.84. The van der Waals surface area contributed by atoms with Crippen LogP contribution in [-0.2, 0) is 9.59 Å². The normalized spacial score (nSPS) is 15.6. The van der Waals surface area contributed by atoms with Gasteiger partial charge < -0.3 is 0 Å². The van der Waals surface area contributed by atoms with E-state index in [4.69, 9.17) is 11.6 Å². The Morgan fingerprint density at radius 1 is 1.14 bits per heavy atom. The number of ketones is 2. The quantitative estimate of drug-likeness (QED) is 0.486. The molecule has 1 saturated carbocycles. The largest absolute Gasteiger partial charge is 0.297 e. The summed E-state index contributed by atoms with van der Waals surface area (Å²) in [5.74, 6) is -0.293. The van der Waals surface area contributed by atoms with Gasteiger partial charge in [-0.1, -0.05) is 35.9 Å². The number of carbonyl (C=O) groups is 2. The molecule has 0 spiro atoms. The lowest BCUT2D eigenvalue weighted by molar-refractivity contribution is -0.136. The molecule has 1 aromatic rings. The second-order valence-electron chi connectivity index (χ2n) is 3.13. The lowest BCUT2D eigenvalue weighted by Gasteiger charge is -2.13. The van der Waals surface area contributed by atoms with Gasteiger partial charge in [0.1, 0.15) is 0 Å². The van der Waals surface area contributed by atoms with Crippen LogP contribution < -0.4 is 0 Å². The van der Waals surface area contributed by atoms with Crippen LogP contribution >= 0.6 is 11.6 Å². The van der Waals surface area contributed by atoms with Gasteiger partial charge in [0, 0.05) is 0 Å². The van der Waals surface area contributed by atoms with E-state index < -0.39 is 5.38 Å². The van der Waals surface area contributed by atoms with Crippen LogP contribution in [0.15, 0.2) is 30.3 Å². The van der Waals surface area contributed by atoms with Crippen molar-refractivity contribution in [1.82, 2.24) is 0 Å². The first-order valence-electron chi connectivity index (χ1n) is 4.32. The van der Waals surface area contributed by atoms with Gasteiger partial charge in [-0.25, -0.2) is 0 Å². The molecule has 2 nitrogen and oxygen atoms in total. The molecular weight excluding hydrogens is 200 g/mol. The Bertz CT molecular complexity index is 318. The van der Waals surface area contributed by atoms with Gasteiger partial charge in [0.05, 0.1) is 6.42 Å². The minimum atomic E-state index is -0.806. The van der Waals surface area contributed by atoms with Crippen molar-refractivity contribution in [2.45, 2.75) is 18.7 Å². The molecule has 1 fully saturated rings. The number of hydrogen-bond donors (Lipinski definition) is 0. The van der Waals surface area contributed by atoms with Gasteiger partial charge in [-0.2, -0.15) is 0 Å². The Balaban J connectivity index is 0.000000140. The summed E-state index contributed by atoms with van der Waals surface area (Å²) in [7, 11) is 0. The van der Waals surface area contributed by atoms with Crippen molar-refractivity contribution in [2.75, 3.05) is 0 Å². The van der Waals surface area contributed by atoms with Crippen LogP contribution in [0.25, 0.3) is 0 Å². The van der Waals surface area contributed by atoms with Crippen molar-refractivity contribution in [3.63, 3.8) is 0 Å². The van der Waals surface area contributed by atoms with E-state index in [1.54, 1.807) is 0 Å². The Morgan fingerprint density at radius 2 is 1.64 bits per heavy atom. The first-order valence-corrected chi connectivity index (χ1v) is 4.76. The van der Waals surface area contributed by atoms with Gasteiger partial charge in [0.2, 0.25) is 0 Å². The molecule has 1 aromatic carbocycles. The SMILES string of the molecule is Cc1ccccc1.O=C1CC(=O)C1Cl. The highest BCUT2D eigenvalue weighted by atomic mass is 35.5. The molecule has 3 heteroatoms. The lowest BCUT2D eigenvalue weighted by atomic mass is 9.96. The van der Waals surface area contributed by atoms with E-state index in [1.165, 1.54) is 5.56 Å². The molecule has 0 aliphatic heterocycles. The zero-order valence-corrected chi connectivity index (χ0v) is 8.62. The first kappa shape index (κ1) is 10.9. The van der Waals surface area contributed by atoms with Crippen LogP contribution in [0.3, 0.4) is 0 Å². The number of rotatable bonds is 0.